The number of hydrogen-bond acceptors (Lipinski definition) is 5. The number of aryl methyl sites for hydroxylation is 2. The van der Waals surface area contributed by atoms with Crippen LogP contribution in [0.15, 0.2) is 60.3 Å². The van der Waals surface area contributed by atoms with Gasteiger partial charge in [-0.05, 0) is 50.1 Å². The number of anilines is 2. The van der Waals surface area contributed by atoms with Gasteiger partial charge in [0.25, 0.3) is 5.91 Å². The van der Waals surface area contributed by atoms with Crippen LogP contribution in [0.2, 0.25) is 0 Å². The third-order valence-corrected chi connectivity index (χ3v) is 4.69. The number of aromatic nitrogens is 4. The number of fused-ring (bicyclic) bond motifs is 1. The van der Waals surface area contributed by atoms with Crippen molar-refractivity contribution in [3.63, 3.8) is 0 Å². The first-order valence-corrected chi connectivity index (χ1v) is 8.70. The standard InChI is InChI=1S/C20H20N6O/c1-12-4-5-16(13(2)10-12)25-19(27)17-14(3)24-20-22-11-23-26(20)18(17)15-6-8-21-9-7-15/h4-11,18H,1-3H3,(H,25,27)(H,22,23,24)/t18-/m1/s1. The van der Waals surface area contributed by atoms with Gasteiger partial charge >= 0.3 is 0 Å². The zero-order valence-electron chi connectivity index (χ0n) is 15.4. The van der Waals surface area contributed by atoms with Crippen LogP contribution in [0.5, 0.6) is 0 Å². The molecular weight excluding hydrogens is 340 g/mol. The maximum atomic E-state index is 13.2. The Morgan fingerprint density at radius 1 is 1.15 bits per heavy atom. The molecule has 0 spiro atoms. The second kappa shape index (κ2) is 6.68. The minimum Gasteiger partial charge on any atom is -0.328 e. The van der Waals surface area contributed by atoms with Gasteiger partial charge in [-0.25, -0.2) is 4.68 Å². The predicted octanol–water partition coefficient (Wildman–Crippen LogP) is 3.22. The highest BCUT2D eigenvalue weighted by Gasteiger charge is 2.33. The topological polar surface area (TPSA) is 84.7 Å². The monoisotopic (exact) mass is 360 g/mol. The molecule has 2 aromatic heterocycles. The van der Waals surface area contributed by atoms with Gasteiger partial charge in [-0.15, -0.1) is 0 Å². The molecular formula is C20H20N6O. The number of nitrogens with zero attached hydrogens (tertiary/aromatic N) is 4. The summed E-state index contributed by atoms with van der Waals surface area (Å²) >= 11 is 0. The lowest BCUT2D eigenvalue weighted by Crippen LogP contribution is -2.31. The first-order chi connectivity index (χ1) is 13.0. The van der Waals surface area contributed by atoms with E-state index in [0.717, 1.165) is 28.1 Å². The third-order valence-electron chi connectivity index (χ3n) is 4.69. The Morgan fingerprint density at radius 3 is 2.67 bits per heavy atom. The third kappa shape index (κ3) is 3.08. The normalized spacial score (nSPS) is 15.9. The first kappa shape index (κ1) is 17.0. The lowest BCUT2D eigenvalue weighted by atomic mass is 9.95. The van der Waals surface area contributed by atoms with Crippen LogP contribution in [0, 0.1) is 13.8 Å². The molecule has 1 aliphatic heterocycles. The van der Waals surface area contributed by atoms with Crippen LogP contribution in [-0.2, 0) is 4.79 Å². The van der Waals surface area contributed by atoms with E-state index < -0.39 is 0 Å². The van der Waals surface area contributed by atoms with Gasteiger partial charge in [0.1, 0.15) is 12.4 Å². The molecule has 2 N–H and O–H groups in total. The number of nitrogens with one attached hydrogen (secondary N) is 2. The number of allylic oxidation sites excluding steroid dienone is 1. The summed E-state index contributed by atoms with van der Waals surface area (Å²) in [6.45, 7) is 5.89. The largest absolute Gasteiger partial charge is 0.328 e. The number of hydrogen-bond donors (Lipinski definition) is 2. The van der Waals surface area contributed by atoms with Crippen LogP contribution in [0.1, 0.15) is 29.7 Å². The SMILES string of the molecule is CC1=C(C(=O)Nc2ccc(C)cc2C)[C@@H](c2ccncc2)n2ncnc2N1. The van der Waals surface area contributed by atoms with Crippen molar-refractivity contribution in [2.45, 2.75) is 26.8 Å². The van der Waals surface area contributed by atoms with Gasteiger partial charge in [0, 0.05) is 23.8 Å². The smallest absolute Gasteiger partial charge is 0.255 e. The summed E-state index contributed by atoms with van der Waals surface area (Å²) in [5.41, 5.74) is 5.24. The average Bonchev–Trinajstić information content (AvgIpc) is 3.11. The van der Waals surface area contributed by atoms with Gasteiger partial charge in [0.15, 0.2) is 0 Å². The van der Waals surface area contributed by atoms with Crippen LogP contribution < -0.4 is 10.6 Å². The van der Waals surface area contributed by atoms with E-state index in [9.17, 15) is 4.79 Å². The second-order valence-electron chi connectivity index (χ2n) is 6.65. The van der Waals surface area contributed by atoms with Crippen LogP contribution >= 0.6 is 0 Å². The zero-order chi connectivity index (χ0) is 19.0. The Morgan fingerprint density at radius 2 is 1.93 bits per heavy atom. The molecule has 1 atom stereocenters. The molecule has 0 radical (unpaired) electrons. The Bertz CT molecular complexity index is 1040. The van der Waals surface area contributed by atoms with Crippen LogP contribution in [0.3, 0.4) is 0 Å². The second-order valence-corrected chi connectivity index (χ2v) is 6.65. The molecule has 0 saturated carbocycles. The van der Waals surface area contributed by atoms with E-state index in [-0.39, 0.29) is 11.9 Å². The quantitative estimate of drug-likeness (QED) is 0.749. The van der Waals surface area contributed by atoms with E-state index in [0.29, 0.717) is 11.5 Å². The summed E-state index contributed by atoms with van der Waals surface area (Å²) in [6, 6.07) is 9.36. The van der Waals surface area contributed by atoms with E-state index in [1.807, 2.05) is 51.1 Å². The number of amides is 1. The molecule has 0 fully saturated rings. The van der Waals surface area contributed by atoms with Crippen molar-refractivity contribution in [1.82, 2.24) is 19.7 Å². The van der Waals surface area contributed by atoms with E-state index in [1.54, 1.807) is 17.1 Å². The van der Waals surface area contributed by atoms with Gasteiger partial charge in [-0.1, -0.05) is 17.7 Å². The summed E-state index contributed by atoms with van der Waals surface area (Å²) < 4.78 is 1.72. The molecule has 0 bridgehead atoms. The number of benzene rings is 1. The Kier molecular flexibility index (Phi) is 4.19. The highest BCUT2D eigenvalue weighted by atomic mass is 16.1. The van der Waals surface area contributed by atoms with Crippen molar-refractivity contribution in [3.8, 4) is 0 Å². The van der Waals surface area contributed by atoms with Crippen molar-refractivity contribution in [1.29, 1.82) is 0 Å². The van der Waals surface area contributed by atoms with E-state index in [2.05, 4.69) is 25.7 Å². The summed E-state index contributed by atoms with van der Waals surface area (Å²) in [5.74, 6) is 0.437. The first-order valence-electron chi connectivity index (χ1n) is 8.70. The zero-order valence-corrected chi connectivity index (χ0v) is 15.4. The highest BCUT2D eigenvalue weighted by Crippen LogP contribution is 2.35. The van der Waals surface area contributed by atoms with Crippen molar-refractivity contribution >= 4 is 17.5 Å². The predicted molar refractivity (Wildman–Crippen MR) is 103 cm³/mol. The van der Waals surface area contributed by atoms with Gasteiger partial charge in [-0.3, -0.25) is 9.78 Å². The molecule has 0 aliphatic carbocycles. The van der Waals surface area contributed by atoms with E-state index in [1.165, 1.54) is 6.33 Å². The Balaban J connectivity index is 1.75. The summed E-state index contributed by atoms with van der Waals surface area (Å²) in [4.78, 5) is 21.6. The van der Waals surface area contributed by atoms with Crippen molar-refractivity contribution in [2.75, 3.05) is 10.6 Å². The lowest BCUT2D eigenvalue weighted by Gasteiger charge is -2.28. The molecule has 136 valence electrons. The number of carbonyl (C=O) groups excluding carboxylic acids is 1. The van der Waals surface area contributed by atoms with Gasteiger partial charge in [-0.2, -0.15) is 10.1 Å². The molecule has 0 unspecified atom stereocenters. The number of pyridine rings is 1. The molecule has 4 rings (SSSR count). The fourth-order valence-electron chi connectivity index (χ4n) is 3.38. The van der Waals surface area contributed by atoms with Crippen LogP contribution in [0.25, 0.3) is 0 Å². The lowest BCUT2D eigenvalue weighted by molar-refractivity contribution is -0.113. The Hall–Kier alpha value is -3.48. The molecule has 1 aromatic carbocycles. The van der Waals surface area contributed by atoms with Crippen LogP contribution in [0.4, 0.5) is 11.6 Å². The summed E-state index contributed by atoms with van der Waals surface area (Å²) in [5, 5.41) is 10.5. The molecule has 0 saturated heterocycles. The van der Waals surface area contributed by atoms with Crippen LogP contribution in [-0.4, -0.2) is 25.7 Å². The van der Waals surface area contributed by atoms with E-state index >= 15 is 0 Å². The molecule has 3 aromatic rings. The highest BCUT2D eigenvalue weighted by molar-refractivity contribution is 6.06. The number of rotatable bonds is 3. The van der Waals surface area contributed by atoms with Gasteiger partial charge in [0.05, 0.1) is 5.57 Å². The molecule has 27 heavy (non-hydrogen) atoms. The maximum absolute atomic E-state index is 13.2. The van der Waals surface area contributed by atoms with Crippen molar-refractivity contribution in [2.24, 2.45) is 0 Å². The molecule has 3 heterocycles. The Labute approximate surface area is 157 Å². The minimum atomic E-state index is -0.377. The van der Waals surface area contributed by atoms with Crippen molar-refractivity contribution < 1.29 is 4.79 Å². The minimum absolute atomic E-state index is 0.171. The fourth-order valence-corrected chi connectivity index (χ4v) is 3.38. The molecule has 7 heteroatoms. The fraction of sp³-hybridized carbons (Fsp3) is 0.200. The van der Waals surface area contributed by atoms with Crippen molar-refractivity contribution in [3.05, 3.63) is 77.0 Å². The van der Waals surface area contributed by atoms with E-state index in [4.69, 9.17) is 0 Å². The summed E-state index contributed by atoms with van der Waals surface area (Å²) in [6.07, 6.45) is 4.90. The van der Waals surface area contributed by atoms with Gasteiger partial charge < -0.3 is 10.6 Å². The maximum Gasteiger partial charge on any atom is 0.255 e. The summed E-state index contributed by atoms with van der Waals surface area (Å²) in [7, 11) is 0. The number of carbonyl (C=O) groups is 1. The average molecular weight is 360 g/mol. The molecule has 1 aliphatic rings. The molecule has 7 nitrogen and oxygen atoms in total. The van der Waals surface area contributed by atoms with Gasteiger partial charge in [0.2, 0.25) is 5.95 Å². The molecule has 1 amide bonds.